The van der Waals surface area contributed by atoms with Gasteiger partial charge in [-0.15, -0.1) is 11.8 Å². The van der Waals surface area contributed by atoms with E-state index < -0.39 is 17.7 Å². The Morgan fingerprint density at radius 3 is 2.62 bits per heavy atom. The van der Waals surface area contributed by atoms with Crippen molar-refractivity contribution in [3.63, 3.8) is 0 Å². The van der Waals surface area contributed by atoms with Crippen LogP contribution in [-0.2, 0) is 14.3 Å². The van der Waals surface area contributed by atoms with Crippen molar-refractivity contribution in [1.29, 1.82) is 5.26 Å². The van der Waals surface area contributed by atoms with Gasteiger partial charge in [-0.25, -0.2) is 9.78 Å². The van der Waals surface area contributed by atoms with Gasteiger partial charge in [0.05, 0.1) is 18.0 Å². The zero-order valence-corrected chi connectivity index (χ0v) is 20.6. The molecule has 3 aliphatic rings. The van der Waals surface area contributed by atoms with Gasteiger partial charge in [0, 0.05) is 44.2 Å². The number of hydrogen-bond donors (Lipinski definition) is 0. The van der Waals surface area contributed by atoms with Crippen LogP contribution < -0.4 is 4.90 Å². The Morgan fingerprint density at radius 2 is 2.03 bits per heavy atom. The summed E-state index contributed by atoms with van der Waals surface area (Å²) in [4.78, 5) is 50.4. The van der Waals surface area contributed by atoms with Gasteiger partial charge >= 0.3 is 6.09 Å². The number of rotatable bonds is 3. The first kappa shape index (κ1) is 24.3. The summed E-state index contributed by atoms with van der Waals surface area (Å²) in [5.74, 6) is 1.90. The summed E-state index contributed by atoms with van der Waals surface area (Å²) in [7, 11) is 0. The smallest absolute Gasteiger partial charge is 0.411 e. The highest BCUT2D eigenvalue weighted by molar-refractivity contribution is 7.99. The van der Waals surface area contributed by atoms with E-state index >= 15 is 0 Å². The van der Waals surface area contributed by atoms with Crippen LogP contribution in [0.1, 0.15) is 32.8 Å². The lowest BCUT2D eigenvalue weighted by Gasteiger charge is -2.36. The number of ether oxygens (including phenoxy) is 1. The lowest BCUT2D eigenvalue weighted by Crippen LogP contribution is -2.54. The summed E-state index contributed by atoms with van der Waals surface area (Å²) in [6.07, 6.45) is 1.44. The average Bonchev–Trinajstić information content (AvgIpc) is 3.48. The van der Waals surface area contributed by atoms with Crippen molar-refractivity contribution in [2.75, 3.05) is 49.3 Å². The summed E-state index contributed by atoms with van der Waals surface area (Å²) in [6, 6.07) is 4.64. The minimum Gasteiger partial charge on any atom is -0.444 e. The lowest BCUT2D eigenvalue weighted by atomic mass is 10.1. The number of carbonyl (C=O) groups excluding carboxylic acids is 3. The molecular formula is C23H30N6O4S. The van der Waals surface area contributed by atoms with Crippen LogP contribution in [0.5, 0.6) is 0 Å². The number of likely N-dealkylation sites (tertiary alicyclic amines) is 1. The van der Waals surface area contributed by atoms with Crippen molar-refractivity contribution < 1.29 is 19.1 Å². The molecule has 1 aromatic rings. The zero-order chi connectivity index (χ0) is 24.5. The topological polar surface area (TPSA) is 110 Å². The van der Waals surface area contributed by atoms with Crippen molar-refractivity contribution in [2.24, 2.45) is 0 Å². The first-order valence-corrected chi connectivity index (χ1v) is 12.6. The summed E-state index contributed by atoms with van der Waals surface area (Å²) < 4.78 is 5.60. The second-order valence-electron chi connectivity index (χ2n) is 9.71. The van der Waals surface area contributed by atoms with Crippen molar-refractivity contribution >= 4 is 35.5 Å². The van der Waals surface area contributed by atoms with Gasteiger partial charge < -0.3 is 9.64 Å². The van der Waals surface area contributed by atoms with E-state index in [1.54, 1.807) is 38.6 Å². The third kappa shape index (κ3) is 5.28. The van der Waals surface area contributed by atoms with Gasteiger partial charge in [0.25, 0.3) is 0 Å². The van der Waals surface area contributed by atoms with E-state index in [0.717, 1.165) is 5.75 Å². The number of amides is 3. The Labute approximate surface area is 203 Å². The van der Waals surface area contributed by atoms with Crippen LogP contribution in [0, 0.1) is 11.3 Å². The van der Waals surface area contributed by atoms with Gasteiger partial charge in [-0.1, -0.05) is 0 Å². The molecule has 0 aromatic carbocycles. The third-order valence-electron chi connectivity index (χ3n) is 6.18. The Balaban J connectivity index is 1.46. The SMILES string of the molecule is CC(C)(C)OC(=O)N1C[C@@H](N2CCN(c3ccc(C#N)cn3)C(=O)C2)C[C@H]1C(=O)N1CCSC1. The normalized spacial score (nSPS) is 23.8. The molecule has 0 spiro atoms. The zero-order valence-electron chi connectivity index (χ0n) is 19.8. The van der Waals surface area contributed by atoms with E-state index in [-0.39, 0.29) is 24.4 Å². The number of aromatic nitrogens is 1. The Kier molecular flexibility index (Phi) is 7.00. The largest absolute Gasteiger partial charge is 0.444 e. The first-order chi connectivity index (χ1) is 16.2. The van der Waals surface area contributed by atoms with Gasteiger partial charge in [-0.3, -0.25) is 24.3 Å². The molecule has 11 heteroatoms. The number of hydrogen-bond acceptors (Lipinski definition) is 8. The second kappa shape index (κ2) is 9.80. The quantitative estimate of drug-likeness (QED) is 0.632. The van der Waals surface area contributed by atoms with E-state index in [2.05, 4.69) is 4.98 Å². The minimum absolute atomic E-state index is 0.0508. The number of carbonyl (C=O) groups is 3. The van der Waals surface area contributed by atoms with E-state index in [9.17, 15) is 14.4 Å². The van der Waals surface area contributed by atoms with Crippen LogP contribution in [-0.4, -0.2) is 99.6 Å². The molecule has 0 N–H and O–H groups in total. The van der Waals surface area contributed by atoms with Crippen molar-refractivity contribution in [3.8, 4) is 6.07 Å². The fourth-order valence-corrected chi connectivity index (χ4v) is 5.45. The summed E-state index contributed by atoms with van der Waals surface area (Å²) in [5, 5.41) is 8.96. The minimum atomic E-state index is -0.665. The highest BCUT2D eigenvalue weighted by atomic mass is 32.2. The van der Waals surface area contributed by atoms with Crippen LogP contribution >= 0.6 is 11.8 Å². The monoisotopic (exact) mass is 486 g/mol. The molecule has 3 fully saturated rings. The van der Waals surface area contributed by atoms with Gasteiger partial charge in [0.15, 0.2) is 0 Å². The Hall–Kier alpha value is -2.84. The maximum Gasteiger partial charge on any atom is 0.411 e. The third-order valence-corrected chi connectivity index (χ3v) is 7.14. The molecule has 0 bridgehead atoms. The number of nitriles is 1. The molecule has 34 heavy (non-hydrogen) atoms. The van der Waals surface area contributed by atoms with E-state index in [1.165, 1.54) is 6.20 Å². The van der Waals surface area contributed by atoms with Crippen LogP contribution in [0.15, 0.2) is 18.3 Å². The molecule has 182 valence electrons. The first-order valence-electron chi connectivity index (χ1n) is 11.4. The highest BCUT2D eigenvalue weighted by Crippen LogP contribution is 2.29. The fraction of sp³-hybridized carbons (Fsp3) is 0.609. The summed E-state index contributed by atoms with van der Waals surface area (Å²) in [5.41, 5.74) is -0.225. The number of anilines is 1. The van der Waals surface area contributed by atoms with E-state index in [1.807, 2.05) is 31.7 Å². The van der Waals surface area contributed by atoms with Gasteiger partial charge in [0.2, 0.25) is 11.8 Å². The summed E-state index contributed by atoms with van der Waals surface area (Å²) >= 11 is 1.70. The Morgan fingerprint density at radius 1 is 1.24 bits per heavy atom. The molecule has 4 rings (SSSR count). The Bertz CT molecular complexity index is 983. The molecular weight excluding hydrogens is 456 g/mol. The van der Waals surface area contributed by atoms with Crippen molar-refractivity contribution in [1.82, 2.24) is 19.7 Å². The maximum absolute atomic E-state index is 13.2. The average molecular weight is 487 g/mol. The fourth-order valence-electron chi connectivity index (χ4n) is 4.49. The molecule has 4 heterocycles. The lowest BCUT2D eigenvalue weighted by molar-refractivity contribution is -0.134. The number of pyridine rings is 1. The van der Waals surface area contributed by atoms with Gasteiger partial charge in [-0.05, 0) is 39.3 Å². The molecule has 3 aliphatic heterocycles. The highest BCUT2D eigenvalue weighted by Gasteiger charge is 2.46. The molecule has 0 aliphatic carbocycles. The standard InChI is InChI=1S/C23H30N6O4S/c1-23(2,3)33-22(32)29-13-17(10-18(29)21(31)27-8-9-34-15-27)26-6-7-28(20(30)14-26)19-5-4-16(11-24)12-25-19/h4-5,12,17-18H,6-10,13-15H2,1-3H3/t17-,18-/m0/s1. The van der Waals surface area contributed by atoms with Crippen LogP contribution in [0.3, 0.4) is 0 Å². The second-order valence-corrected chi connectivity index (χ2v) is 10.8. The maximum atomic E-state index is 13.2. The summed E-state index contributed by atoms with van der Waals surface area (Å²) in [6.45, 7) is 7.67. The van der Waals surface area contributed by atoms with Gasteiger partial charge in [0.1, 0.15) is 23.5 Å². The molecule has 0 unspecified atom stereocenters. The van der Waals surface area contributed by atoms with Crippen molar-refractivity contribution in [2.45, 2.75) is 44.9 Å². The molecule has 3 amide bonds. The molecule has 10 nitrogen and oxygen atoms in total. The molecule has 2 atom stereocenters. The van der Waals surface area contributed by atoms with E-state index in [0.29, 0.717) is 49.9 Å². The number of nitrogens with zero attached hydrogens (tertiary/aromatic N) is 6. The predicted molar refractivity (Wildman–Crippen MR) is 127 cm³/mol. The molecule has 0 radical (unpaired) electrons. The van der Waals surface area contributed by atoms with Gasteiger partial charge in [-0.2, -0.15) is 5.26 Å². The van der Waals surface area contributed by atoms with Crippen LogP contribution in [0.4, 0.5) is 10.6 Å². The number of piperazine rings is 1. The molecule has 1 aromatic heterocycles. The predicted octanol–water partition coefficient (Wildman–Crippen LogP) is 1.51. The van der Waals surface area contributed by atoms with Crippen LogP contribution in [0.2, 0.25) is 0 Å². The van der Waals surface area contributed by atoms with E-state index in [4.69, 9.17) is 10.00 Å². The van der Waals surface area contributed by atoms with Crippen LogP contribution in [0.25, 0.3) is 0 Å². The molecule has 0 saturated carbocycles. The molecule has 3 saturated heterocycles. The van der Waals surface area contributed by atoms with Crippen molar-refractivity contribution in [3.05, 3.63) is 23.9 Å². The number of thioether (sulfide) groups is 1.